The van der Waals surface area contributed by atoms with Gasteiger partial charge in [0.25, 0.3) is 0 Å². The molecule has 2 aliphatic rings. The van der Waals surface area contributed by atoms with E-state index in [1.165, 1.54) is 0 Å². The van der Waals surface area contributed by atoms with Gasteiger partial charge in [0.2, 0.25) is 0 Å². The van der Waals surface area contributed by atoms with Gasteiger partial charge in [0.05, 0.1) is 5.69 Å². The summed E-state index contributed by atoms with van der Waals surface area (Å²) in [6, 6.07) is 2.04. The van der Waals surface area contributed by atoms with Crippen LogP contribution in [0.1, 0.15) is 32.7 Å². The van der Waals surface area contributed by atoms with Crippen molar-refractivity contribution < 1.29 is 14.2 Å². The van der Waals surface area contributed by atoms with Gasteiger partial charge in [-0.25, -0.2) is 9.97 Å². The van der Waals surface area contributed by atoms with Crippen LogP contribution in [0.4, 0.5) is 0 Å². The highest BCUT2D eigenvalue weighted by molar-refractivity contribution is 5.78. The van der Waals surface area contributed by atoms with E-state index in [0.29, 0.717) is 0 Å². The zero-order valence-corrected chi connectivity index (χ0v) is 13.6. The summed E-state index contributed by atoms with van der Waals surface area (Å²) in [5.41, 5.74) is 1.89. The highest BCUT2D eigenvalue weighted by Gasteiger charge is 2.55. The Hall–Kier alpha value is -1.76. The first-order chi connectivity index (χ1) is 11.0. The van der Waals surface area contributed by atoms with Crippen LogP contribution in [0.3, 0.4) is 0 Å². The molecule has 0 bridgehead atoms. The van der Waals surface area contributed by atoms with Gasteiger partial charge in [-0.15, -0.1) is 6.58 Å². The van der Waals surface area contributed by atoms with E-state index >= 15 is 0 Å². The minimum Gasteiger partial charge on any atom is -0.345 e. The molecule has 23 heavy (non-hydrogen) atoms. The Morgan fingerprint density at radius 1 is 1.30 bits per heavy atom. The van der Waals surface area contributed by atoms with E-state index in [1.54, 1.807) is 12.4 Å². The van der Waals surface area contributed by atoms with Crippen LogP contribution in [-0.4, -0.2) is 38.6 Å². The quantitative estimate of drug-likeness (QED) is 0.815. The minimum absolute atomic E-state index is 0.155. The van der Waals surface area contributed by atoms with E-state index in [2.05, 4.69) is 23.5 Å². The molecule has 6 heteroatoms. The largest absolute Gasteiger partial charge is 0.345 e. The summed E-state index contributed by atoms with van der Waals surface area (Å²) in [7, 11) is 0. The SMILES string of the molecule is C=C[C@H]1O[C@@H](n2ccc3c(CC)ncnc32)[C@@H]2OC(C)(C)O[C@@H]21. The van der Waals surface area contributed by atoms with Gasteiger partial charge in [0, 0.05) is 11.6 Å². The summed E-state index contributed by atoms with van der Waals surface area (Å²) in [5, 5.41) is 1.05. The molecule has 0 radical (unpaired) electrons. The van der Waals surface area contributed by atoms with E-state index in [4.69, 9.17) is 14.2 Å². The number of fused-ring (bicyclic) bond motifs is 2. The normalized spacial score (nSPS) is 32.3. The van der Waals surface area contributed by atoms with Crippen LogP contribution in [0.15, 0.2) is 31.2 Å². The maximum absolute atomic E-state index is 6.13. The summed E-state index contributed by atoms with van der Waals surface area (Å²) >= 11 is 0. The summed E-state index contributed by atoms with van der Waals surface area (Å²) in [5.74, 6) is -0.620. The summed E-state index contributed by atoms with van der Waals surface area (Å²) in [6.45, 7) is 9.80. The van der Waals surface area contributed by atoms with Crippen molar-refractivity contribution in [3.8, 4) is 0 Å². The Morgan fingerprint density at radius 2 is 2.09 bits per heavy atom. The van der Waals surface area contributed by atoms with Crippen molar-refractivity contribution in [3.63, 3.8) is 0 Å². The van der Waals surface area contributed by atoms with Crippen LogP contribution in [0.25, 0.3) is 11.0 Å². The third-order valence-corrected chi connectivity index (χ3v) is 4.50. The fourth-order valence-corrected chi connectivity index (χ4v) is 3.53. The second kappa shape index (κ2) is 5.12. The molecule has 6 nitrogen and oxygen atoms in total. The molecule has 2 aliphatic heterocycles. The predicted molar refractivity (Wildman–Crippen MR) is 84.8 cm³/mol. The Morgan fingerprint density at radius 3 is 2.83 bits per heavy atom. The fourth-order valence-electron chi connectivity index (χ4n) is 3.53. The number of aryl methyl sites for hydroxylation is 1. The molecule has 0 N–H and O–H groups in total. The van der Waals surface area contributed by atoms with Crippen LogP contribution < -0.4 is 0 Å². The van der Waals surface area contributed by atoms with Crippen molar-refractivity contribution in [2.45, 2.75) is 57.5 Å². The molecule has 0 saturated carbocycles. The molecular weight excluding hydrogens is 294 g/mol. The third kappa shape index (κ3) is 2.21. The van der Waals surface area contributed by atoms with Gasteiger partial charge in [-0.2, -0.15) is 0 Å². The minimum atomic E-state index is -0.620. The average Bonchev–Trinajstić information content (AvgIpc) is 3.17. The zero-order chi connectivity index (χ0) is 16.2. The van der Waals surface area contributed by atoms with Gasteiger partial charge < -0.3 is 18.8 Å². The number of ether oxygens (including phenoxy) is 3. The van der Waals surface area contributed by atoms with Crippen LogP contribution in [0.2, 0.25) is 0 Å². The summed E-state index contributed by atoms with van der Waals surface area (Å²) in [6.07, 6.45) is 5.40. The molecule has 2 fully saturated rings. The predicted octanol–water partition coefficient (Wildman–Crippen LogP) is 2.60. The second-order valence-electron chi connectivity index (χ2n) is 6.43. The number of aromatic nitrogens is 3. The highest BCUT2D eigenvalue weighted by atomic mass is 16.8. The lowest BCUT2D eigenvalue weighted by atomic mass is 10.1. The van der Waals surface area contributed by atoms with Crippen LogP contribution in [0.5, 0.6) is 0 Å². The van der Waals surface area contributed by atoms with Crippen molar-refractivity contribution in [2.24, 2.45) is 0 Å². The Labute approximate surface area is 135 Å². The first kappa shape index (κ1) is 14.8. The molecule has 0 aromatic carbocycles. The molecule has 2 aromatic heterocycles. The molecular formula is C17H21N3O3. The van der Waals surface area contributed by atoms with Gasteiger partial charge in [-0.3, -0.25) is 0 Å². The van der Waals surface area contributed by atoms with E-state index in [-0.39, 0.29) is 24.5 Å². The standard InChI is InChI=1S/C17H21N3O3/c1-5-11-10-7-8-20(15(10)19-9-18-11)16-14-13(12(6-2)21-16)22-17(3,4)23-14/h6-9,12-14,16H,2,5H2,1,3-4H3/t12-,13-,14-,16-/m1/s1. The first-order valence-corrected chi connectivity index (χ1v) is 7.98. The fraction of sp³-hybridized carbons (Fsp3) is 0.529. The van der Waals surface area contributed by atoms with E-state index in [1.807, 2.05) is 30.7 Å². The monoisotopic (exact) mass is 315 g/mol. The van der Waals surface area contributed by atoms with Crippen LogP contribution >= 0.6 is 0 Å². The molecule has 2 saturated heterocycles. The third-order valence-electron chi connectivity index (χ3n) is 4.50. The van der Waals surface area contributed by atoms with Crippen molar-refractivity contribution >= 4 is 11.0 Å². The number of hydrogen-bond donors (Lipinski definition) is 0. The molecule has 0 spiro atoms. The summed E-state index contributed by atoms with van der Waals surface area (Å²) < 4.78 is 20.2. The lowest BCUT2D eigenvalue weighted by molar-refractivity contribution is -0.191. The number of hydrogen-bond acceptors (Lipinski definition) is 5. The lowest BCUT2D eigenvalue weighted by Crippen LogP contribution is -2.27. The van der Waals surface area contributed by atoms with Gasteiger partial charge in [-0.1, -0.05) is 13.0 Å². The van der Waals surface area contributed by atoms with Crippen LogP contribution in [-0.2, 0) is 20.6 Å². The second-order valence-corrected chi connectivity index (χ2v) is 6.43. The van der Waals surface area contributed by atoms with Gasteiger partial charge in [0.15, 0.2) is 12.0 Å². The average molecular weight is 315 g/mol. The van der Waals surface area contributed by atoms with Crippen molar-refractivity contribution in [1.82, 2.24) is 14.5 Å². The van der Waals surface area contributed by atoms with Gasteiger partial charge in [0.1, 0.15) is 30.3 Å². The van der Waals surface area contributed by atoms with Gasteiger partial charge >= 0.3 is 0 Å². The van der Waals surface area contributed by atoms with E-state index in [9.17, 15) is 0 Å². The molecule has 4 atom stereocenters. The molecule has 0 unspecified atom stereocenters. The van der Waals surface area contributed by atoms with Crippen LogP contribution in [0, 0.1) is 0 Å². The van der Waals surface area contributed by atoms with Crippen molar-refractivity contribution in [3.05, 3.63) is 36.9 Å². The molecule has 0 aliphatic carbocycles. The Bertz CT molecular complexity index is 755. The number of rotatable bonds is 3. The van der Waals surface area contributed by atoms with E-state index in [0.717, 1.165) is 23.1 Å². The van der Waals surface area contributed by atoms with Crippen molar-refractivity contribution in [1.29, 1.82) is 0 Å². The molecule has 4 rings (SSSR count). The maximum Gasteiger partial charge on any atom is 0.165 e. The zero-order valence-electron chi connectivity index (χ0n) is 13.6. The molecule has 4 heterocycles. The maximum atomic E-state index is 6.13. The lowest BCUT2D eigenvalue weighted by Gasteiger charge is -2.24. The number of nitrogens with zero attached hydrogens (tertiary/aromatic N) is 3. The first-order valence-electron chi connectivity index (χ1n) is 7.98. The Kier molecular flexibility index (Phi) is 3.30. The Balaban J connectivity index is 1.77. The topological polar surface area (TPSA) is 58.4 Å². The van der Waals surface area contributed by atoms with Crippen molar-refractivity contribution in [2.75, 3.05) is 0 Å². The van der Waals surface area contributed by atoms with Gasteiger partial charge in [-0.05, 0) is 26.3 Å². The molecule has 2 aromatic rings. The molecule has 122 valence electrons. The molecule has 0 amide bonds. The smallest absolute Gasteiger partial charge is 0.165 e. The highest BCUT2D eigenvalue weighted by Crippen LogP contribution is 2.44. The van der Waals surface area contributed by atoms with E-state index < -0.39 is 5.79 Å². The summed E-state index contributed by atoms with van der Waals surface area (Å²) in [4.78, 5) is 8.79.